The first kappa shape index (κ1) is 22.1. The maximum Gasteiger partial charge on any atom is 0.331 e. The van der Waals surface area contributed by atoms with E-state index in [2.05, 4.69) is 15.0 Å². The van der Waals surface area contributed by atoms with Crippen LogP contribution in [0.1, 0.15) is 12.5 Å². The van der Waals surface area contributed by atoms with E-state index in [1.54, 1.807) is 36.4 Å². The van der Waals surface area contributed by atoms with E-state index >= 15 is 0 Å². The van der Waals surface area contributed by atoms with Crippen LogP contribution in [0.2, 0.25) is 0 Å². The molecule has 10 nitrogen and oxygen atoms in total. The average Bonchev–Trinajstić information content (AvgIpc) is 3.01. The van der Waals surface area contributed by atoms with E-state index < -0.39 is 34.5 Å². The summed E-state index contributed by atoms with van der Waals surface area (Å²) in [5.41, 5.74) is 0.721. The third-order valence-corrected chi connectivity index (χ3v) is 5.75. The number of ether oxygens (including phenoxy) is 3. The Morgan fingerprint density at radius 1 is 1.13 bits per heavy atom. The zero-order valence-corrected chi connectivity index (χ0v) is 17.9. The van der Waals surface area contributed by atoms with Crippen molar-refractivity contribution in [2.75, 3.05) is 26.1 Å². The molecule has 3 rings (SSSR count). The van der Waals surface area contributed by atoms with Crippen LogP contribution < -0.4 is 19.5 Å². The Morgan fingerprint density at radius 3 is 2.58 bits per heavy atom. The number of carbonyl (C=O) groups is 2. The Hall–Kier alpha value is -3.60. The van der Waals surface area contributed by atoms with E-state index in [1.807, 2.05) is 0 Å². The monoisotopic (exact) mass is 447 g/mol. The number of hydrogen-bond acceptors (Lipinski definition) is 8. The Balaban J connectivity index is 1.63. The smallest absolute Gasteiger partial charge is 0.331 e. The highest BCUT2D eigenvalue weighted by atomic mass is 32.2. The second kappa shape index (κ2) is 9.04. The Morgan fingerprint density at radius 2 is 1.87 bits per heavy atom. The van der Waals surface area contributed by atoms with Crippen molar-refractivity contribution in [1.82, 2.24) is 4.72 Å². The number of aliphatic imine (C=N–C) groups is 1. The van der Waals surface area contributed by atoms with Gasteiger partial charge in [0, 0.05) is 11.6 Å². The zero-order chi connectivity index (χ0) is 22.6. The Labute approximate surface area is 179 Å². The maximum atomic E-state index is 12.3. The number of carbonyl (C=O) groups excluding carboxylic acids is 2. The highest BCUT2D eigenvalue weighted by molar-refractivity contribution is 7.90. The molecule has 1 heterocycles. The van der Waals surface area contributed by atoms with Gasteiger partial charge in [-0.05, 0) is 31.2 Å². The summed E-state index contributed by atoms with van der Waals surface area (Å²) in [4.78, 5) is 28.6. The summed E-state index contributed by atoms with van der Waals surface area (Å²) in [6.45, 7) is 0.879. The molecule has 164 valence electrons. The molecule has 1 aliphatic heterocycles. The Bertz CT molecular complexity index is 1150. The SMILES string of the molecule is COc1ccc(OC)c(NC(=O)COC(=O)[C@H](C)N=C2NS(=O)(=O)c3ccccc32)c1. The number of nitrogens with one attached hydrogen (secondary N) is 2. The molecule has 2 aromatic rings. The lowest BCUT2D eigenvalue weighted by Crippen LogP contribution is -2.28. The van der Waals surface area contributed by atoms with Gasteiger partial charge in [-0.25, -0.2) is 13.2 Å². The van der Waals surface area contributed by atoms with Gasteiger partial charge in [0.25, 0.3) is 15.9 Å². The minimum atomic E-state index is -3.72. The van der Waals surface area contributed by atoms with Gasteiger partial charge < -0.3 is 19.5 Å². The largest absolute Gasteiger partial charge is 0.497 e. The topological polar surface area (TPSA) is 132 Å². The van der Waals surface area contributed by atoms with E-state index in [0.717, 1.165) is 0 Å². The molecule has 2 aromatic carbocycles. The summed E-state index contributed by atoms with van der Waals surface area (Å²) in [6, 6.07) is 10.1. The fourth-order valence-electron chi connectivity index (χ4n) is 2.83. The standard InChI is InChI=1S/C20H21N3O7S/c1-12(21-19-14-6-4-5-7-17(14)31(26,27)23-19)20(25)30-11-18(24)22-15-10-13(28-2)8-9-16(15)29-3/h4-10,12H,11H2,1-3H3,(H,21,23)(H,22,24)/t12-/m0/s1. The molecule has 0 spiro atoms. The molecule has 1 aliphatic rings. The van der Waals surface area contributed by atoms with Crippen LogP contribution in [0.15, 0.2) is 52.4 Å². The lowest BCUT2D eigenvalue weighted by atomic mass is 10.2. The molecular weight excluding hydrogens is 426 g/mol. The molecule has 31 heavy (non-hydrogen) atoms. The normalized spacial score (nSPS) is 16.0. The molecule has 0 saturated carbocycles. The van der Waals surface area contributed by atoms with E-state index in [9.17, 15) is 18.0 Å². The summed E-state index contributed by atoms with van der Waals surface area (Å²) >= 11 is 0. The van der Waals surface area contributed by atoms with Crippen molar-refractivity contribution in [3.05, 3.63) is 48.0 Å². The van der Waals surface area contributed by atoms with Crippen molar-refractivity contribution in [2.24, 2.45) is 4.99 Å². The fraction of sp³-hybridized carbons (Fsp3) is 0.250. The van der Waals surface area contributed by atoms with Crippen molar-refractivity contribution in [3.8, 4) is 11.5 Å². The predicted octanol–water partition coefficient (Wildman–Crippen LogP) is 1.31. The van der Waals surface area contributed by atoms with Crippen LogP contribution in [-0.4, -0.2) is 53.0 Å². The molecular formula is C20H21N3O7S. The number of anilines is 1. The van der Waals surface area contributed by atoms with Gasteiger partial charge in [0.05, 0.1) is 24.8 Å². The molecule has 0 aromatic heterocycles. The number of esters is 1. The molecule has 0 bridgehead atoms. The lowest BCUT2D eigenvalue weighted by molar-refractivity contribution is -0.148. The van der Waals surface area contributed by atoms with Crippen molar-refractivity contribution in [1.29, 1.82) is 0 Å². The van der Waals surface area contributed by atoms with Gasteiger partial charge in [-0.1, -0.05) is 12.1 Å². The molecule has 2 N–H and O–H groups in total. The van der Waals surface area contributed by atoms with Gasteiger partial charge in [0.1, 0.15) is 23.4 Å². The first-order chi connectivity index (χ1) is 14.7. The quantitative estimate of drug-likeness (QED) is 0.612. The number of nitrogens with zero attached hydrogens (tertiary/aromatic N) is 1. The summed E-state index contributed by atoms with van der Waals surface area (Å²) in [5.74, 6) is -0.412. The number of sulfonamides is 1. The number of fused-ring (bicyclic) bond motifs is 1. The first-order valence-electron chi connectivity index (χ1n) is 9.13. The van der Waals surface area contributed by atoms with Crippen molar-refractivity contribution < 1.29 is 32.2 Å². The molecule has 1 atom stereocenters. The van der Waals surface area contributed by atoms with E-state index in [1.165, 1.54) is 27.2 Å². The number of amides is 1. The van der Waals surface area contributed by atoms with Gasteiger partial charge >= 0.3 is 5.97 Å². The van der Waals surface area contributed by atoms with Gasteiger partial charge in [0.2, 0.25) is 0 Å². The number of amidine groups is 1. The van der Waals surface area contributed by atoms with Crippen LogP contribution in [0.5, 0.6) is 11.5 Å². The summed E-state index contributed by atoms with van der Waals surface area (Å²) in [5, 5.41) is 2.58. The van der Waals surface area contributed by atoms with Gasteiger partial charge in [0.15, 0.2) is 6.61 Å². The van der Waals surface area contributed by atoms with Crippen LogP contribution in [0, 0.1) is 0 Å². The average molecular weight is 447 g/mol. The van der Waals surface area contributed by atoms with Crippen LogP contribution in [0.25, 0.3) is 0 Å². The third kappa shape index (κ3) is 4.94. The van der Waals surface area contributed by atoms with Crippen LogP contribution in [0.3, 0.4) is 0 Å². The second-order valence-electron chi connectivity index (χ2n) is 6.48. The molecule has 11 heteroatoms. The minimum absolute atomic E-state index is 0.0469. The molecule has 0 aliphatic carbocycles. The van der Waals surface area contributed by atoms with Crippen LogP contribution >= 0.6 is 0 Å². The number of benzene rings is 2. The number of hydrogen-bond donors (Lipinski definition) is 2. The summed E-state index contributed by atoms with van der Waals surface area (Å²) in [7, 11) is -0.779. The molecule has 0 saturated heterocycles. The predicted molar refractivity (Wildman–Crippen MR) is 112 cm³/mol. The number of rotatable bonds is 7. The fourth-order valence-corrected chi connectivity index (χ4v) is 4.07. The van der Waals surface area contributed by atoms with Gasteiger partial charge in [-0.2, -0.15) is 0 Å². The minimum Gasteiger partial charge on any atom is -0.497 e. The van der Waals surface area contributed by atoms with Gasteiger partial charge in [-0.15, -0.1) is 0 Å². The first-order valence-corrected chi connectivity index (χ1v) is 10.6. The molecule has 0 radical (unpaired) electrons. The van der Waals surface area contributed by atoms with E-state index in [0.29, 0.717) is 22.7 Å². The Kier molecular flexibility index (Phi) is 6.44. The van der Waals surface area contributed by atoms with E-state index in [4.69, 9.17) is 14.2 Å². The molecule has 0 fully saturated rings. The molecule has 0 unspecified atom stereocenters. The second-order valence-corrected chi connectivity index (χ2v) is 8.13. The van der Waals surface area contributed by atoms with Crippen molar-refractivity contribution in [3.63, 3.8) is 0 Å². The van der Waals surface area contributed by atoms with Crippen LogP contribution in [0.4, 0.5) is 5.69 Å². The lowest BCUT2D eigenvalue weighted by Gasteiger charge is -2.12. The van der Waals surface area contributed by atoms with Crippen LogP contribution in [-0.2, 0) is 24.3 Å². The van der Waals surface area contributed by atoms with Crippen molar-refractivity contribution in [2.45, 2.75) is 17.9 Å². The summed E-state index contributed by atoms with van der Waals surface area (Å²) < 4.78 is 41.9. The molecule has 1 amide bonds. The highest BCUT2D eigenvalue weighted by Gasteiger charge is 2.31. The third-order valence-electron chi connectivity index (χ3n) is 4.35. The zero-order valence-electron chi connectivity index (χ0n) is 17.0. The number of methoxy groups -OCH3 is 2. The van der Waals surface area contributed by atoms with Gasteiger partial charge in [-0.3, -0.25) is 14.5 Å². The highest BCUT2D eigenvalue weighted by Crippen LogP contribution is 2.28. The summed E-state index contributed by atoms with van der Waals surface area (Å²) in [6.07, 6.45) is 0. The van der Waals surface area contributed by atoms with E-state index in [-0.39, 0.29) is 10.7 Å². The van der Waals surface area contributed by atoms with Crippen molar-refractivity contribution >= 4 is 33.4 Å². The maximum absolute atomic E-state index is 12.3.